The molecule has 1 aliphatic heterocycles. The molecule has 0 aliphatic carbocycles. The Morgan fingerprint density at radius 3 is 2.69 bits per heavy atom. The highest BCUT2D eigenvalue weighted by molar-refractivity contribution is 5.76. The number of carbonyl (C=O) groups is 1. The molecule has 1 fully saturated rings. The van der Waals surface area contributed by atoms with Crippen LogP contribution < -0.4 is 0 Å². The third kappa shape index (κ3) is 2.09. The van der Waals surface area contributed by atoms with Gasteiger partial charge in [-0.05, 0) is 18.9 Å². The molecule has 0 unspecified atom stereocenters. The number of hydrogen-bond acceptors (Lipinski definition) is 3. The first-order valence-corrected chi connectivity index (χ1v) is 5.50. The van der Waals surface area contributed by atoms with Crippen molar-refractivity contribution in [2.75, 3.05) is 7.11 Å². The molecule has 3 atom stereocenters. The maximum Gasteiger partial charge on any atom is 0.335 e. The van der Waals surface area contributed by atoms with Gasteiger partial charge in [0.25, 0.3) is 0 Å². The summed E-state index contributed by atoms with van der Waals surface area (Å²) in [6, 6.07) is 9.99. The summed E-state index contributed by atoms with van der Waals surface area (Å²) in [5, 5.41) is 0. The van der Waals surface area contributed by atoms with Gasteiger partial charge in [0.2, 0.25) is 0 Å². The molecule has 0 amide bonds. The molecule has 0 bridgehead atoms. The Morgan fingerprint density at radius 2 is 2.06 bits per heavy atom. The Bertz CT molecular complexity index is 361. The van der Waals surface area contributed by atoms with Crippen molar-refractivity contribution in [2.24, 2.45) is 0 Å². The normalized spacial score (nSPS) is 29.0. The summed E-state index contributed by atoms with van der Waals surface area (Å²) in [4.78, 5) is 11.6. The Labute approximate surface area is 95.4 Å². The first-order chi connectivity index (χ1) is 7.72. The van der Waals surface area contributed by atoms with E-state index in [2.05, 4.69) is 0 Å². The van der Waals surface area contributed by atoms with E-state index in [1.165, 1.54) is 7.11 Å². The van der Waals surface area contributed by atoms with E-state index in [1.807, 2.05) is 37.3 Å². The van der Waals surface area contributed by atoms with Crippen LogP contribution in [0.1, 0.15) is 24.8 Å². The Kier molecular flexibility index (Phi) is 3.25. The van der Waals surface area contributed by atoms with E-state index >= 15 is 0 Å². The van der Waals surface area contributed by atoms with E-state index in [9.17, 15) is 4.79 Å². The average molecular weight is 220 g/mol. The van der Waals surface area contributed by atoms with Gasteiger partial charge in [-0.3, -0.25) is 0 Å². The molecule has 1 aromatic carbocycles. The first kappa shape index (κ1) is 11.1. The molecule has 0 aromatic heterocycles. The van der Waals surface area contributed by atoms with Gasteiger partial charge in [-0.1, -0.05) is 30.3 Å². The van der Waals surface area contributed by atoms with Gasteiger partial charge in [0.05, 0.1) is 13.2 Å². The number of carbonyl (C=O) groups excluding carboxylic acids is 1. The third-order valence-corrected chi connectivity index (χ3v) is 2.99. The molecule has 0 radical (unpaired) electrons. The van der Waals surface area contributed by atoms with Crippen molar-refractivity contribution in [1.82, 2.24) is 0 Å². The lowest BCUT2D eigenvalue weighted by Crippen LogP contribution is -2.27. The second kappa shape index (κ2) is 4.66. The number of methoxy groups -OCH3 is 1. The summed E-state index contributed by atoms with van der Waals surface area (Å²) >= 11 is 0. The van der Waals surface area contributed by atoms with Crippen molar-refractivity contribution in [3.05, 3.63) is 35.9 Å². The van der Waals surface area contributed by atoms with Crippen LogP contribution in [0.3, 0.4) is 0 Å². The lowest BCUT2D eigenvalue weighted by atomic mass is 9.91. The highest BCUT2D eigenvalue weighted by atomic mass is 16.6. The topological polar surface area (TPSA) is 35.5 Å². The van der Waals surface area contributed by atoms with Gasteiger partial charge in [0.15, 0.2) is 6.10 Å². The Hall–Kier alpha value is -1.35. The number of esters is 1. The first-order valence-electron chi connectivity index (χ1n) is 5.50. The SMILES string of the molecule is COC(=O)[C@@H]1O[C@H](C)C[C@H]1c1ccccc1. The van der Waals surface area contributed by atoms with Crippen LogP contribution in [0.2, 0.25) is 0 Å². The minimum absolute atomic E-state index is 0.106. The maximum absolute atomic E-state index is 11.6. The number of ether oxygens (including phenoxy) is 2. The molecule has 2 rings (SSSR count). The van der Waals surface area contributed by atoms with Crippen LogP contribution >= 0.6 is 0 Å². The third-order valence-electron chi connectivity index (χ3n) is 2.99. The number of hydrogen-bond donors (Lipinski definition) is 0. The highest BCUT2D eigenvalue weighted by Crippen LogP contribution is 2.35. The van der Waals surface area contributed by atoms with E-state index in [1.54, 1.807) is 0 Å². The lowest BCUT2D eigenvalue weighted by molar-refractivity contribution is -0.153. The standard InChI is InChI=1S/C13H16O3/c1-9-8-11(10-6-4-3-5-7-10)12(16-9)13(14)15-2/h3-7,9,11-12H,8H2,1-2H3/t9-,11+,12-/m1/s1. The maximum atomic E-state index is 11.6. The molecule has 1 saturated heterocycles. The van der Waals surface area contributed by atoms with Crippen molar-refractivity contribution in [2.45, 2.75) is 31.5 Å². The molecule has 16 heavy (non-hydrogen) atoms. The van der Waals surface area contributed by atoms with Crippen molar-refractivity contribution in [3.63, 3.8) is 0 Å². The fourth-order valence-electron chi connectivity index (χ4n) is 2.23. The summed E-state index contributed by atoms with van der Waals surface area (Å²) < 4.78 is 10.4. The van der Waals surface area contributed by atoms with Crippen LogP contribution in [0.5, 0.6) is 0 Å². The molecule has 86 valence electrons. The minimum Gasteiger partial charge on any atom is -0.467 e. The van der Waals surface area contributed by atoms with Gasteiger partial charge in [0.1, 0.15) is 0 Å². The summed E-state index contributed by atoms with van der Waals surface area (Å²) in [5.41, 5.74) is 1.14. The van der Waals surface area contributed by atoms with E-state index < -0.39 is 6.10 Å². The highest BCUT2D eigenvalue weighted by Gasteiger charge is 2.39. The van der Waals surface area contributed by atoms with Gasteiger partial charge >= 0.3 is 5.97 Å². The molecule has 0 saturated carbocycles. The summed E-state index contributed by atoms with van der Waals surface area (Å²) in [7, 11) is 1.40. The largest absolute Gasteiger partial charge is 0.467 e. The van der Waals surface area contributed by atoms with E-state index in [0.29, 0.717) is 0 Å². The van der Waals surface area contributed by atoms with Gasteiger partial charge in [-0.2, -0.15) is 0 Å². The summed E-state index contributed by atoms with van der Waals surface area (Å²) in [6.45, 7) is 1.98. The van der Waals surface area contributed by atoms with Crippen LogP contribution in [0.25, 0.3) is 0 Å². The fraction of sp³-hybridized carbons (Fsp3) is 0.462. The van der Waals surface area contributed by atoms with Crippen molar-refractivity contribution in [1.29, 1.82) is 0 Å². The number of rotatable bonds is 2. The van der Waals surface area contributed by atoms with Crippen molar-refractivity contribution >= 4 is 5.97 Å². The molecule has 0 N–H and O–H groups in total. The Balaban J connectivity index is 2.22. The zero-order valence-electron chi connectivity index (χ0n) is 9.55. The molecular formula is C13H16O3. The van der Waals surface area contributed by atoms with Gasteiger partial charge in [-0.15, -0.1) is 0 Å². The second-order valence-electron chi connectivity index (χ2n) is 4.14. The zero-order valence-corrected chi connectivity index (χ0v) is 9.55. The van der Waals surface area contributed by atoms with E-state index in [-0.39, 0.29) is 18.0 Å². The zero-order chi connectivity index (χ0) is 11.5. The molecule has 3 nitrogen and oxygen atoms in total. The summed E-state index contributed by atoms with van der Waals surface area (Å²) in [6.07, 6.45) is 0.515. The quantitative estimate of drug-likeness (QED) is 0.716. The van der Waals surface area contributed by atoms with Gasteiger partial charge < -0.3 is 9.47 Å². The van der Waals surface area contributed by atoms with E-state index in [4.69, 9.17) is 9.47 Å². The molecule has 1 heterocycles. The lowest BCUT2D eigenvalue weighted by Gasteiger charge is -2.16. The molecule has 1 aliphatic rings. The predicted octanol–water partition coefficient (Wildman–Crippen LogP) is 2.12. The molecule has 3 heteroatoms. The van der Waals surface area contributed by atoms with Crippen molar-refractivity contribution < 1.29 is 14.3 Å². The van der Waals surface area contributed by atoms with E-state index in [0.717, 1.165) is 12.0 Å². The van der Waals surface area contributed by atoms with Crippen LogP contribution in [0.15, 0.2) is 30.3 Å². The number of benzene rings is 1. The van der Waals surface area contributed by atoms with Crippen LogP contribution in [-0.4, -0.2) is 25.3 Å². The van der Waals surface area contributed by atoms with Crippen LogP contribution in [0, 0.1) is 0 Å². The monoisotopic (exact) mass is 220 g/mol. The summed E-state index contributed by atoms with van der Waals surface area (Å²) in [5.74, 6) is -0.165. The minimum atomic E-state index is -0.456. The molecule has 1 aromatic rings. The van der Waals surface area contributed by atoms with Crippen LogP contribution in [-0.2, 0) is 14.3 Å². The van der Waals surface area contributed by atoms with Gasteiger partial charge in [0, 0.05) is 5.92 Å². The molecular weight excluding hydrogens is 204 g/mol. The Morgan fingerprint density at radius 1 is 1.38 bits per heavy atom. The average Bonchev–Trinajstić information content (AvgIpc) is 2.71. The second-order valence-corrected chi connectivity index (χ2v) is 4.14. The van der Waals surface area contributed by atoms with Gasteiger partial charge in [-0.25, -0.2) is 4.79 Å². The predicted molar refractivity (Wildman–Crippen MR) is 60.2 cm³/mol. The smallest absolute Gasteiger partial charge is 0.335 e. The van der Waals surface area contributed by atoms with Crippen molar-refractivity contribution in [3.8, 4) is 0 Å². The fourth-order valence-corrected chi connectivity index (χ4v) is 2.23. The molecule has 0 spiro atoms. The van der Waals surface area contributed by atoms with Crippen LogP contribution in [0.4, 0.5) is 0 Å².